The second-order valence-corrected chi connectivity index (χ2v) is 8.14. The van der Waals surface area contributed by atoms with Gasteiger partial charge in [-0.2, -0.15) is 0 Å². The molecule has 0 radical (unpaired) electrons. The van der Waals surface area contributed by atoms with Gasteiger partial charge in [-0.3, -0.25) is 4.79 Å². The molecule has 3 rings (SSSR count). The number of carbonyl (C=O) groups is 1. The third-order valence-corrected chi connectivity index (χ3v) is 6.26. The maximum absolute atomic E-state index is 11.7. The van der Waals surface area contributed by atoms with Gasteiger partial charge in [-0.25, -0.2) is 0 Å². The number of ether oxygens (including phenoxy) is 1. The first-order chi connectivity index (χ1) is 12.0. The predicted octanol–water partition coefficient (Wildman–Crippen LogP) is 3.41. The van der Waals surface area contributed by atoms with Crippen molar-refractivity contribution in [2.45, 2.75) is 44.6 Å². The van der Waals surface area contributed by atoms with E-state index in [2.05, 4.69) is 24.9 Å². The molecule has 2 saturated carbocycles. The van der Waals surface area contributed by atoms with Crippen LogP contribution in [0.2, 0.25) is 0 Å². The molecule has 2 N–H and O–H groups in total. The number of hydrogen-bond donors (Lipinski definition) is 1. The van der Waals surface area contributed by atoms with Gasteiger partial charge in [-0.1, -0.05) is 25.5 Å². The fourth-order valence-corrected chi connectivity index (χ4v) is 4.84. The Hall–Kier alpha value is -1.39. The lowest BCUT2D eigenvalue weighted by Crippen LogP contribution is -2.50. The van der Waals surface area contributed by atoms with E-state index in [1.54, 1.807) is 6.07 Å². The largest absolute Gasteiger partial charge is 0.373 e. The minimum Gasteiger partial charge on any atom is -0.373 e. The second-order valence-electron chi connectivity index (χ2n) is 8.14. The smallest absolute Gasteiger partial charge is 0.248 e. The Labute approximate surface area is 151 Å². The zero-order valence-corrected chi connectivity index (χ0v) is 15.8. The number of primary amides is 1. The molecule has 0 heterocycles. The summed E-state index contributed by atoms with van der Waals surface area (Å²) in [7, 11) is 4.06. The lowest BCUT2D eigenvalue weighted by Gasteiger charge is -2.49. The van der Waals surface area contributed by atoms with Crippen molar-refractivity contribution >= 4 is 5.91 Å². The first kappa shape index (κ1) is 18.4. The van der Waals surface area contributed by atoms with Crippen LogP contribution in [0.1, 0.15) is 54.9 Å². The lowest BCUT2D eigenvalue weighted by atomic mass is 9.65. The molecule has 138 valence electrons. The van der Waals surface area contributed by atoms with Crippen molar-refractivity contribution in [1.82, 2.24) is 4.90 Å². The van der Waals surface area contributed by atoms with Crippen molar-refractivity contribution in [2.75, 3.05) is 27.2 Å². The van der Waals surface area contributed by atoms with E-state index in [1.165, 1.54) is 25.8 Å². The third-order valence-electron chi connectivity index (χ3n) is 6.26. The average Bonchev–Trinajstić information content (AvgIpc) is 3.39. The van der Waals surface area contributed by atoms with Gasteiger partial charge in [0.2, 0.25) is 5.91 Å². The van der Waals surface area contributed by atoms with Gasteiger partial charge >= 0.3 is 0 Å². The van der Waals surface area contributed by atoms with Crippen molar-refractivity contribution in [3.63, 3.8) is 0 Å². The first-order valence-corrected chi connectivity index (χ1v) is 9.61. The van der Waals surface area contributed by atoms with Crippen molar-refractivity contribution in [3.05, 3.63) is 35.4 Å². The molecule has 4 heteroatoms. The van der Waals surface area contributed by atoms with Crippen LogP contribution in [-0.2, 0) is 10.3 Å². The molecule has 1 aromatic carbocycles. The summed E-state index contributed by atoms with van der Waals surface area (Å²) in [6.07, 6.45) is 6.30. The van der Waals surface area contributed by atoms with Gasteiger partial charge in [0.1, 0.15) is 0 Å². The van der Waals surface area contributed by atoms with Gasteiger partial charge in [0.25, 0.3) is 0 Å². The Morgan fingerprint density at radius 3 is 2.68 bits per heavy atom. The van der Waals surface area contributed by atoms with Crippen LogP contribution in [0.25, 0.3) is 0 Å². The minimum atomic E-state index is -0.376. The summed E-state index contributed by atoms with van der Waals surface area (Å²) in [5.74, 6) is 1.35. The monoisotopic (exact) mass is 344 g/mol. The molecule has 1 amide bonds. The van der Waals surface area contributed by atoms with Crippen molar-refractivity contribution in [2.24, 2.45) is 23.5 Å². The topological polar surface area (TPSA) is 55.6 Å². The van der Waals surface area contributed by atoms with E-state index in [4.69, 9.17) is 10.5 Å². The Bertz CT molecular complexity index is 614. The average molecular weight is 344 g/mol. The SMILES string of the molecule is COC1(c2cccc(C(N)=O)c2)C(C)CCCC1CN(C)CC1CC1. The summed E-state index contributed by atoms with van der Waals surface area (Å²) < 4.78 is 6.27. The summed E-state index contributed by atoms with van der Waals surface area (Å²) >= 11 is 0. The van der Waals surface area contributed by atoms with E-state index in [9.17, 15) is 4.79 Å². The molecule has 0 saturated heterocycles. The predicted molar refractivity (Wildman–Crippen MR) is 100 cm³/mol. The number of rotatable bonds is 7. The number of nitrogens with two attached hydrogens (primary N) is 1. The van der Waals surface area contributed by atoms with E-state index >= 15 is 0 Å². The van der Waals surface area contributed by atoms with Crippen LogP contribution in [0.5, 0.6) is 0 Å². The Morgan fingerprint density at radius 1 is 1.28 bits per heavy atom. The standard InChI is InChI=1S/C21H32N2O2/c1-15-6-4-9-19(14-23(2)13-16-10-11-16)21(15,25-3)18-8-5-7-17(12-18)20(22)24/h5,7-8,12,15-16,19H,4,6,9-11,13-14H2,1-3H3,(H2,22,24). The summed E-state index contributed by atoms with van der Waals surface area (Å²) in [5, 5.41) is 0. The number of benzene rings is 1. The highest BCUT2D eigenvalue weighted by Crippen LogP contribution is 2.48. The van der Waals surface area contributed by atoms with Crippen molar-refractivity contribution in [1.29, 1.82) is 0 Å². The molecule has 3 unspecified atom stereocenters. The minimum absolute atomic E-state index is 0.346. The molecule has 2 aliphatic rings. The number of methoxy groups -OCH3 is 1. The molecular weight excluding hydrogens is 312 g/mol. The fraction of sp³-hybridized carbons (Fsp3) is 0.667. The number of hydrogen-bond acceptors (Lipinski definition) is 3. The van der Waals surface area contributed by atoms with Gasteiger partial charge < -0.3 is 15.4 Å². The van der Waals surface area contributed by atoms with Crippen LogP contribution in [0.4, 0.5) is 0 Å². The Balaban J connectivity index is 1.91. The molecule has 0 spiro atoms. The molecular formula is C21H32N2O2. The first-order valence-electron chi connectivity index (χ1n) is 9.61. The zero-order chi connectivity index (χ0) is 18.0. The van der Waals surface area contributed by atoms with Gasteiger partial charge in [0.15, 0.2) is 0 Å². The quantitative estimate of drug-likeness (QED) is 0.825. The highest BCUT2D eigenvalue weighted by Gasteiger charge is 2.48. The van der Waals surface area contributed by atoms with Crippen LogP contribution in [-0.4, -0.2) is 38.1 Å². The Morgan fingerprint density at radius 2 is 2.04 bits per heavy atom. The van der Waals surface area contributed by atoms with E-state index in [1.807, 2.05) is 19.2 Å². The highest BCUT2D eigenvalue weighted by atomic mass is 16.5. The van der Waals surface area contributed by atoms with Crippen molar-refractivity contribution in [3.8, 4) is 0 Å². The normalized spacial score (nSPS) is 29.8. The van der Waals surface area contributed by atoms with Crippen LogP contribution in [0.3, 0.4) is 0 Å². The molecule has 0 aliphatic heterocycles. The number of nitrogens with zero attached hydrogens (tertiary/aromatic N) is 1. The molecule has 2 fully saturated rings. The zero-order valence-electron chi connectivity index (χ0n) is 15.8. The summed E-state index contributed by atoms with van der Waals surface area (Å²) in [5.41, 5.74) is 6.84. The third kappa shape index (κ3) is 3.75. The van der Waals surface area contributed by atoms with Gasteiger partial charge in [0.05, 0.1) is 5.60 Å². The van der Waals surface area contributed by atoms with Gasteiger partial charge in [-0.05, 0) is 62.3 Å². The molecule has 0 aromatic heterocycles. The molecule has 3 atom stereocenters. The van der Waals surface area contributed by atoms with E-state index in [0.717, 1.165) is 30.9 Å². The molecule has 4 nitrogen and oxygen atoms in total. The molecule has 2 aliphatic carbocycles. The fourth-order valence-electron chi connectivity index (χ4n) is 4.84. The lowest BCUT2D eigenvalue weighted by molar-refractivity contribution is -0.131. The highest BCUT2D eigenvalue weighted by molar-refractivity contribution is 5.92. The summed E-state index contributed by atoms with van der Waals surface area (Å²) in [6, 6.07) is 7.77. The Kier molecular flexibility index (Phi) is 5.49. The van der Waals surface area contributed by atoms with Gasteiger partial charge in [0, 0.05) is 31.7 Å². The molecule has 25 heavy (non-hydrogen) atoms. The summed E-state index contributed by atoms with van der Waals surface area (Å²) in [6.45, 7) is 4.51. The van der Waals surface area contributed by atoms with Crippen LogP contribution in [0.15, 0.2) is 24.3 Å². The number of carbonyl (C=O) groups excluding carboxylic acids is 1. The van der Waals surface area contributed by atoms with E-state index in [-0.39, 0.29) is 11.5 Å². The van der Waals surface area contributed by atoms with E-state index < -0.39 is 0 Å². The van der Waals surface area contributed by atoms with E-state index in [0.29, 0.717) is 17.4 Å². The maximum atomic E-state index is 11.7. The second kappa shape index (κ2) is 7.46. The molecule has 1 aromatic rings. The van der Waals surface area contributed by atoms with Crippen molar-refractivity contribution < 1.29 is 9.53 Å². The van der Waals surface area contributed by atoms with Crippen LogP contribution >= 0.6 is 0 Å². The van der Waals surface area contributed by atoms with Crippen LogP contribution < -0.4 is 5.73 Å². The van der Waals surface area contributed by atoms with Gasteiger partial charge in [-0.15, -0.1) is 0 Å². The number of amides is 1. The maximum Gasteiger partial charge on any atom is 0.248 e. The molecule has 0 bridgehead atoms. The summed E-state index contributed by atoms with van der Waals surface area (Å²) in [4.78, 5) is 14.1. The van der Waals surface area contributed by atoms with Crippen LogP contribution in [0, 0.1) is 17.8 Å².